The third-order valence-electron chi connectivity index (χ3n) is 3.43. The van der Waals surface area contributed by atoms with E-state index < -0.39 is 10.0 Å². The van der Waals surface area contributed by atoms with Crippen LogP contribution < -0.4 is 10.5 Å². The van der Waals surface area contributed by atoms with Crippen LogP contribution in [-0.2, 0) is 16.4 Å². The molecule has 1 aromatic carbocycles. The summed E-state index contributed by atoms with van der Waals surface area (Å²) in [5.41, 5.74) is 6.66. The summed E-state index contributed by atoms with van der Waals surface area (Å²) in [6.07, 6.45) is 1.93. The molecular formula is C16H21N3O3S. The van der Waals surface area contributed by atoms with Crippen LogP contribution in [0.2, 0.25) is 0 Å². The molecule has 23 heavy (non-hydrogen) atoms. The lowest BCUT2D eigenvalue weighted by Gasteiger charge is -2.21. The molecule has 0 saturated carbocycles. The fraction of sp³-hybridized carbons (Fsp3) is 0.312. The monoisotopic (exact) mass is 335 g/mol. The van der Waals surface area contributed by atoms with Crippen molar-refractivity contribution in [3.05, 3.63) is 54.2 Å². The molecule has 0 fully saturated rings. The molecule has 1 heterocycles. The van der Waals surface area contributed by atoms with Gasteiger partial charge in [-0.15, -0.1) is 0 Å². The lowest BCUT2D eigenvalue weighted by Crippen LogP contribution is -2.37. The first-order valence-electron chi connectivity index (χ1n) is 7.32. The van der Waals surface area contributed by atoms with E-state index in [1.54, 1.807) is 0 Å². The van der Waals surface area contributed by atoms with Gasteiger partial charge >= 0.3 is 0 Å². The number of hydrogen-bond donors (Lipinski definition) is 1. The number of pyridine rings is 1. The van der Waals surface area contributed by atoms with Crippen LogP contribution in [0.15, 0.2) is 53.6 Å². The average molecular weight is 335 g/mol. The van der Waals surface area contributed by atoms with E-state index in [9.17, 15) is 8.42 Å². The highest BCUT2D eigenvalue weighted by Gasteiger charge is 2.24. The molecule has 124 valence electrons. The molecule has 0 aliphatic carbocycles. The molecule has 0 aliphatic heterocycles. The minimum Gasteiger partial charge on any atom is -0.481 e. The Morgan fingerprint density at radius 1 is 1.13 bits per heavy atom. The zero-order valence-electron chi connectivity index (χ0n) is 13.1. The quantitative estimate of drug-likeness (QED) is 0.785. The van der Waals surface area contributed by atoms with Crippen molar-refractivity contribution in [2.24, 2.45) is 5.73 Å². The van der Waals surface area contributed by atoms with Gasteiger partial charge in [0.2, 0.25) is 15.9 Å². The molecule has 2 N–H and O–H groups in total. The second kappa shape index (κ2) is 8.05. The predicted molar refractivity (Wildman–Crippen MR) is 88.7 cm³/mol. The zero-order valence-corrected chi connectivity index (χ0v) is 13.9. The summed E-state index contributed by atoms with van der Waals surface area (Å²) in [5, 5.41) is 0. The lowest BCUT2D eigenvalue weighted by molar-refractivity contribution is 0.396. The third kappa shape index (κ3) is 4.51. The number of rotatable bonds is 8. The van der Waals surface area contributed by atoms with Gasteiger partial charge in [-0.3, -0.25) is 0 Å². The lowest BCUT2D eigenvalue weighted by atomic mass is 10.1. The van der Waals surface area contributed by atoms with Gasteiger partial charge in [-0.05, 0) is 18.1 Å². The summed E-state index contributed by atoms with van der Waals surface area (Å²) < 4.78 is 31.8. The Hall–Kier alpha value is -1.96. The number of nitrogens with two attached hydrogens (primary N) is 1. The molecule has 7 heteroatoms. The van der Waals surface area contributed by atoms with Crippen molar-refractivity contribution in [3.63, 3.8) is 0 Å². The third-order valence-corrected chi connectivity index (χ3v) is 5.31. The maximum absolute atomic E-state index is 12.7. The molecule has 0 spiro atoms. The van der Waals surface area contributed by atoms with E-state index in [1.807, 2.05) is 30.3 Å². The highest BCUT2D eigenvalue weighted by atomic mass is 32.2. The van der Waals surface area contributed by atoms with Gasteiger partial charge in [0.15, 0.2) is 0 Å². The SMILES string of the molecule is COc1ccc(S(=O)(=O)N(CCN)CCc2ccccc2)cn1. The molecule has 0 bridgehead atoms. The van der Waals surface area contributed by atoms with Crippen molar-refractivity contribution in [2.45, 2.75) is 11.3 Å². The minimum atomic E-state index is -3.62. The van der Waals surface area contributed by atoms with E-state index in [0.717, 1.165) is 5.56 Å². The molecule has 0 amide bonds. The molecular weight excluding hydrogens is 314 g/mol. The molecule has 0 aliphatic rings. The maximum atomic E-state index is 12.7. The number of ether oxygens (including phenoxy) is 1. The molecule has 2 aromatic rings. The van der Waals surface area contributed by atoms with Crippen molar-refractivity contribution in [1.82, 2.24) is 9.29 Å². The summed E-state index contributed by atoms with van der Waals surface area (Å²) in [4.78, 5) is 4.10. The van der Waals surface area contributed by atoms with Gasteiger partial charge in [0.05, 0.1) is 13.3 Å². The summed E-state index contributed by atoms with van der Waals surface area (Å²) in [7, 11) is -2.14. The van der Waals surface area contributed by atoms with Gasteiger partial charge in [0.25, 0.3) is 0 Å². The smallest absolute Gasteiger partial charge is 0.244 e. The van der Waals surface area contributed by atoms with Crippen molar-refractivity contribution in [2.75, 3.05) is 26.7 Å². The molecule has 6 nitrogen and oxygen atoms in total. The van der Waals surface area contributed by atoms with E-state index >= 15 is 0 Å². The Morgan fingerprint density at radius 3 is 2.43 bits per heavy atom. The Morgan fingerprint density at radius 2 is 1.87 bits per heavy atom. The number of methoxy groups -OCH3 is 1. The Bertz CT molecular complexity index is 703. The Labute approximate surface area is 137 Å². The summed E-state index contributed by atoms with van der Waals surface area (Å²) in [6, 6.07) is 12.8. The fourth-order valence-electron chi connectivity index (χ4n) is 2.18. The Balaban J connectivity index is 2.16. The van der Waals surface area contributed by atoms with Crippen LogP contribution in [-0.4, -0.2) is 44.5 Å². The molecule has 0 saturated heterocycles. The summed E-state index contributed by atoms with van der Waals surface area (Å²) in [5.74, 6) is 0.374. The van der Waals surface area contributed by atoms with E-state index in [4.69, 9.17) is 10.5 Å². The molecule has 0 unspecified atom stereocenters. The van der Waals surface area contributed by atoms with Crippen molar-refractivity contribution in [1.29, 1.82) is 0 Å². The molecule has 1 aromatic heterocycles. The predicted octanol–water partition coefficient (Wildman–Crippen LogP) is 1.28. The largest absolute Gasteiger partial charge is 0.481 e. The van der Waals surface area contributed by atoms with Crippen molar-refractivity contribution < 1.29 is 13.2 Å². The normalized spacial score (nSPS) is 11.6. The summed E-state index contributed by atoms with van der Waals surface area (Å²) in [6.45, 7) is 0.897. The number of sulfonamides is 1. The standard InChI is InChI=1S/C16H21N3O3S/c1-22-16-8-7-15(13-18-16)23(20,21)19(12-10-17)11-9-14-5-3-2-4-6-14/h2-8,13H,9-12,17H2,1H3. The van der Waals surface area contributed by atoms with Gasteiger partial charge in [-0.25, -0.2) is 13.4 Å². The minimum absolute atomic E-state index is 0.139. The van der Waals surface area contributed by atoms with Crippen LogP contribution in [0.1, 0.15) is 5.56 Å². The van der Waals surface area contributed by atoms with Gasteiger partial charge in [0.1, 0.15) is 4.90 Å². The van der Waals surface area contributed by atoms with E-state index in [0.29, 0.717) is 18.8 Å². The average Bonchev–Trinajstić information content (AvgIpc) is 2.59. The molecule has 2 rings (SSSR count). The highest BCUT2D eigenvalue weighted by molar-refractivity contribution is 7.89. The highest BCUT2D eigenvalue weighted by Crippen LogP contribution is 2.17. The second-order valence-electron chi connectivity index (χ2n) is 4.96. The van der Waals surface area contributed by atoms with Gasteiger partial charge in [-0.2, -0.15) is 4.31 Å². The van der Waals surface area contributed by atoms with Crippen LogP contribution >= 0.6 is 0 Å². The Kier molecular flexibility index (Phi) is 6.09. The number of aromatic nitrogens is 1. The topological polar surface area (TPSA) is 85.5 Å². The van der Waals surface area contributed by atoms with E-state index in [2.05, 4.69) is 4.98 Å². The van der Waals surface area contributed by atoms with Gasteiger partial charge in [0, 0.05) is 25.7 Å². The number of benzene rings is 1. The first-order chi connectivity index (χ1) is 11.1. The number of hydrogen-bond acceptors (Lipinski definition) is 5. The van der Waals surface area contributed by atoms with Crippen LogP contribution in [0, 0.1) is 0 Å². The fourth-order valence-corrected chi connectivity index (χ4v) is 3.59. The van der Waals surface area contributed by atoms with Crippen LogP contribution in [0.25, 0.3) is 0 Å². The molecule has 0 atom stereocenters. The number of nitrogens with zero attached hydrogens (tertiary/aromatic N) is 2. The maximum Gasteiger partial charge on any atom is 0.244 e. The van der Waals surface area contributed by atoms with Gasteiger partial charge in [-0.1, -0.05) is 30.3 Å². The van der Waals surface area contributed by atoms with Crippen LogP contribution in [0.4, 0.5) is 0 Å². The van der Waals surface area contributed by atoms with E-state index in [1.165, 1.54) is 29.7 Å². The first-order valence-corrected chi connectivity index (χ1v) is 8.76. The first kappa shape index (κ1) is 17.4. The summed E-state index contributed by atoms with van der Waals surface area (Å²) >= 11 is 0. The second-order valence-corrected chi connectivity index (χ2v) is 6.90. The zero-order chi connectivity index (χ0) is 16.7. The van der Waals surface area contributed by atoms with Crippen LogP contribution in [0.5, 0.6) is 5.88 Å². The van der Waals surface area contributed by atoms with Crippen LogP contribution in [0.3, 0.4) is 0 Å². The van der Waals surface area contributed by atoms with Crippen molar-refractivity contribution in [3.8, 4) is 5.88 Å². The van der Waals surface area contributed by atoms with E-state index in [-0.39, 0.29) is 18.0 Å². The van der Waals surface area contributed by atoms with Crippen molar-refractivity contribution >= 4 is 10.0 Å². The van der Waals surface area contributed by atoms with Gasteiger partial charge < -0.3 is 10.5 Å². The molecule has 0 radical (unpaired) electrons.